The third-order valence-electron chi connectivity index (χ3n) is 12.3. The zero-order valence-electron chi connectivity index (χ0n) is 37.3. The van der Waals surface area contributed by atoms with Gasteiger partial charge in [-0.2, -0.15) is 29.8 Å². The molecule has 2 aliphatic rings. The molecule has 0 radical (unpaired) electrons. The highest BCUT2D eigenvalue weighted by Gasteiger charge is 2.47. The molecule has 4 aromatic rings. The summed E-state index contributed by atoms with van der Waals surface area (Å²) in [5, 5.41) is 9.55. The van der Waals surface area contributed by atoms with Crippen molar-refractivity contribution in [3.8, 4) is 0 Å². The summed E-state index contributed by atoms with van der Waals surface area (Å²) in [4.78, 5) is 10.3. The first-order chi connectivity index (χ1) is 31.2. The Bertz CT molecular complexity index is 3250. The highest BCUT2D eigenvalue weighted by Crippen LogP contribution is 2.54. The van der Waals surface area contributed by atoms with Gasteiger partial charge in [-0.3, -0.25) is 18.5 Å². The largest absolute Gasteiger partial charge is 0.744 e. The smallest absolute Gasteiger partial charge is 0.303 e. The zero-order chi connectivity index (χ0) is 49.5. The van der Waals surface area contributed by atoms with Crippen molar-refractivity contribution >= 4 is 85.1 Å². The highest BCUT2D eigenvalue weighted by atomic mass is 32.2. The van der Waals surface area contributed by atoms with Gasteiger partial charge in [-0.25, -0.2) is 8.42 Å². The van der Waals surface area contributed by atoms with Crippen LogP contribution in [0, 0.1) is 0 Å². The topological polar surface area (TPSA) is 282 Å². The van der Waals surface area contributed by atoms with E-state index in [0.717, 1.165) is 11.8 Å². The summed E-state index contributed by atoms with van der Waals surface area (Å²) in [5.41, 5.74) is 1.67. The third-order valence-corrected chi connectivity index (χ3v) is 15.7. The number of carboxylic acids is 1. The Morgan fingerprint density at radius 2 is 1.36 bits per heavy atom. The molecule has 2 heterocycles. The fourth-order valence-electron chi connectivity index (χ4n) is 9.29. The molecule has 0 aliphatic carbocycles. The summed E-state index contributed by atoms with van der Waals surface area (Å²) in [6.45, 7) is 8.97. The third kappa shape index (κ3) is 10.4. The number of hydrogen-bond acceptors (Lipinski definition) is 13. The molecular weight excluding hydrogens is 953 g/mol. The van der Waals surface area contributed by atoms with Crippen LogP contribution in [0.15, 0.2) is 104 Å². The molecule has 6 rings (SSSR count). The summed E-state index contributed by atoms with van der Waals surface area (Å²) in [7, 11) is -18.6. The van der Waals surface area contributed by atoms with E-state index in [0.29, 0.717) is 79.3 Å². The van der Waals surface area contributed by atoms with Crippen LogP contribution in [0.2, 0.25) is 0 Å². The zero-order valence-corrected chi connectivity index (χ0v) is 40.6. The van der Waals surface area contributed by atoms with Crippen molar-refractivity contribution in [2.75, 3.05) is 44.9 Å². The van der Waals surface area contributed by atoms with Crippen molar-refractivity contribution < 1.29 is 75.8 Å². The normalized spacial score (nSPS) is 18.3. The molecular formula is C45H52N2O16S4. The molecule has 0 saturated carbocycles. The van der Waals surface area contributed by atoms with E-state index < -0.39 is 76.9 Å². The van der Waals surface area contributed by atoms with Crippen LogP contribution >= 0.6 is 0 Å². The van der Waals surface area contributed by atoms with Crippen molar-refractivity contribution in [1.82, 2.24) is 0 Å². The van der Waals surface area contributed by atoms with E-state index in [2.05, 4.69) is 0 Å². The number of aliphatic carboxylic acids is 1. The van der Waals surface area contributed by atoms with E-state index in [-0.39, 0.29) is 47.6 Å². The lowest BCUT2D eigenvalue weighted by Crippen LogP contribution is -2.30. The maximum atomic E-state index is 12.7. The SMILES string of the molecule is CC[N+]1=C(/C=C/C=C/C=C2/N(CCCCCC(=O)O)c3ccc4c(S(=O)(=O)O)cc(S(=O)(=O)O)cc4c3C2(C)CCOCCOC)C(C)(C)c2c1ccc1c(S(=O)(=O)[O-])cc(S(=O)(=O)O)cc21. The average molecular weight is 1010 g/mol. The Hall–Kier alpha value is -4.88. The van der Waals surface area contributed by atoms with Gasteiger partial charge in [0.1, 0.15) is 21.6 Å². The number of carboxylic acid groups (broad SMARTS) is 1. The van der Waals surface area contributed by atoms with Gasteiger partial charge >= 0.3 is 5.97 Å². The van der Waals surface area contributed by atoms with Gasteiger partial charge in [0.25, 0.3) is 30.4 Å². The van der Waals surface area contributed by atoms with Gasteiger partial charge in [-0.15, -0.1) is 0 Å². The molecule has 67 heavy (non-hydrogen) atoms. The van der Waals surface area contributed by atoms with E-state index in [1.54, 1.807) is 30.4 Å². The number of rotatable bonds is 20. The van der Waals surface area contributed by atoms with Crippen LogP contribution in [0.3, 0.4) is 0 Å². The first-order valence-corrected chi connectivity index (χ1v) is 26.8. The number of ether oxygens (including phenoxy) is 2. The molecule has 0 saturated heterocycles. The molecule has 4 N–H and O–H groups in total. The van der Waals surface area contributed by atoms with Crippen LogP contribution in [0.25, 0.3) is 21.5 Å². The minimum Gasteiger partial charge on any atom is -0.744 e. The van der Waals surface area contributed by atoms with Gasteiger partial charge in [0, 0.05) is 72.0 Å². The minimum atomic E-state index is -5.18. The Morgan fingerprint density at radius 1 is 0.746 bits per heavy atom. The van der Waals surface area contributed by atoms with E-state index in [4.69, 9.17) is 9.47 Å². The summed E-state index contributed by atoms with van der Waals surface area (Å²) >= 11 is 0. The molecule has 0 aromatic heterocycles. The number of fused-ring (bicyclic) bond motifs is 6. The second kappa shape index (κ2) is 19.3. The molecule has 18 nitrogen and oxygen atoms in total. The second-order valence-corrected chi connectivity index (χ2v) is 22.5. The molecule has 22 heteroatoms. The van der Waals surface area contributed by atoms with Gasteiger partial charge in [0.05, 0.1) is 33.3 Å². The molecule has 0 spiro atoms. The van der Waals surface area contributed by atoms with Gasteiger partial charge < -0.3 is 24.0 Å². The fourth-order valence-corrected chi connectivity index (χ4v) is 12.0. The molecule has 0 bridgehead atoms. The Balaban J connectivity index is 1.49. The molecule has 0 amide bonds. The highest BCUT2D eigenvalue weighted by molar-refractivity contribution is 7.87. The minimum absolute atomic E-state index is 0.00521. The number of methoxy groups -OCH3 is 1. The van der Waals surface area contributed by atoms with Gasteiger partial charge in [-0.1, -0.05) is 30.7 Å². The van der Waals surface area contributed by atoms with E-state index >= 15 is 0 Å². The summed E-state index contributed by atoms with van der Waals surface area (Å²) in [5.74, 6) is -0.935. The Labute approximate surface area is 389 Å². The Morgan fingerprint density at radius 3 is 1.94 bits per heavy atom. The Kier molecular flexibility index (Phi) is 14.8. The van der Waals surface area contributed by atoms with Crippen molar-refractivity contribution in [3.63, 3.8) is 0 Å². The number of anilines is 1. The average Bonchev–Trinajstić information content (AvgIpc) is 3.60. The number of carbonyl (C=O) groups is 1. The van der Waals surface area contributed by atoms with E-state index in [1.807, 2.05) is 49.3 Å². The fraction of sp³-hybridized carbons (Fsp3) is 0.378. The monoisotopic (exact) mass is 1000 g/mol. The maximum Gasteiger partial charge on any atom is 0.303 e. The van der Waals surface area contributed by atoms with E-state index in [9.17, 15) is 61.8 Å². The van der Waals surface area contributed by atoms with Gasteiger partial charge in [-0.05, 0) is 106 Å². The number of nitrogens with zero attached hydrogens (tertiary/aromatic N) is 2. The van der Waals surface area contributed by atoms with Crippen molar-refractivity contribution in [3.05, 3.63) is 95.7 Å². The van der Waals surface area contributed by atoms with Crippen molar-refractivity contribution in [1.29, 1.82) is 0 Å². The van der Waals surface area contributed by atoms with Crippen LogP contribution in [0.1, 0.15) is 70.9 Å². The van der Waals surface area contributed by atoms with Crippen molar-refractivity contribution in [2.45, 2.75) is 90.2 Å². The van der Waals surface area contributed by atoms with Crippen molar-refractivity contribution in [2.24, 2.45) is 0 Å². The lowest BCUT2D eigenvalue weighted by Gasteiger charge is -2.31. The van der Waals surface area contributed by atoms with Crippen LogP contribution in [-0.4, -0.2) is 113 Å². The number of benzene rings is 4. The first-order valence-electron chi connectivity index (χ1n) is 21.0. The van der Waals surface area contributed by atoms with Gasteiger partial charge in [0.2, 0.25) is 5.69 Å². The van der Waals surface area contributed by atoms with E-state index in [1.165, 1.54) is 25.3 Å². The molecule has 362 valence electrons. The maximum absolute atomic E-state index is 12.7. The second-order valence-electron chi connectivity index (χ2n) is 16.9. The summed E-state index contributed by atoms with van der Waals surface area (Å²) in [6.07, 6.45) is 10.6. The molecule has 1 unspecified atom stereocenters. The first kappa shape index (κ1) is 51.5. The van der Waals surface area contributed by atoms with Crippen LogP contribution in [0.4, 0.5) is 11.4 Å². The van der Waals surface area contributed by atoms with Gasteiger partial charge in [0.15, 0.2) is 5.71 Å². The van der Waals surface area contributed by atoms with Crippen LogP contribution < -0.4 is 4.90 Å². The van der Waals surface area contributed by atoms with Crippen LogP contribution in [0.5, 0.6) is 0 Å². The molecule has 4 aromatic carbocycles. The number of unbranched alkanes of at least 4 members (excludes halogenated alkanes) is 2. The molecule has 0 fully saturated rings. The lowest BCUT2D eigenvalue weighted by atomic mass is 9.76. The number of hydrogen-bond donors (Lipinski definition) is 4. The van der Waals surface area contributed by atoms with Crippen LogP contribution in [-0.2, 0) is 65.6 Å². The quantitative estimate of drug-likeness (QED) is 0.0318. The summed E-state index contributed by atoms with van der Waals surface area (Å²) < 4.78 is 156. The summed E-state index contributed by atoms with van der Waals surface area (Å²) in [6, 6.07) is 9.86. The standard InChI is InChI=1S/C45H52N2O16S4/c1-6-46-35-18-16-31-33(25-29(64(50,51)52)27-37(31)66(56,57)58)42(35)44(2,3)39(46)13-9-7-10-14-40-45(4,20-22-63-24-23-62-5)43-34-26-30(65(53,54)55)28-38(67(59,60)61)32(34)17-19-36(43)47(40)21-12-8-11-15-41(48)49/h7,9-10,13-14,16-19,25-28H,6,8,11-12,15,20-24H2,1-5H3,(H4-,48,49,50,51,52,53,54,55,56,57,58,59,60,61). The molecule has 1 atom stereocenters. The number of allylic oxidation sites excluding steroid dienone is 6. The predicted octanol–water partition coefficient (Wildman–Crippen LogP) is 6.51. The lowest BCUT2D eigenvalue weighted by molar-refractivity contribution is -0.433. The molecule has 2 aliphatic heterocycles. The predicted molar refractivity (Wildman–Crippen MR) is 248 cm³/mol.